The number of rotatable bonds is 2. The number of ether oxygens (including phenoxy) is 1. The topological polar surface area (TPSA) is 81.3 Å². The number of aryl methyl sites for hydroxylation is 1. The Labute approximate surface area is 128 Å². The standard InChI is InChI=1S/C16H18N4O2/c1-10-7-11(3-4-14(10)22-2)15(21)20-6-5-12-8-18-16(17)19-13(12)9-20/h3-4,7-8H,5-6,9H2,1-2H3,(H2,17,18,19). The van der Waals surface area contributed by atoms with Gasteiger partial charge in [0.1, 0.15) is 5.75 Å². The Balaban J connectivity index is 1.83. The normalized spacial score (nSPS) is 13.6. The van der Waals surface area contributed by atoms with Crippen molar-refractivity contribution >= 4 is 11.9 Å². The molecule has 0 fully saturated rings. The van der Waals surface area contributed by atoms with E-state index in [2.05, 4.69) is 9.97 Å². The SMILES string of the molecule is COc1ccc(C(=O)N2CCc3cnc(N)nc3C2)cc1C. The van der Waals surface area contributed by atoms with Crippen molar-refractivity contribution in [2.45, 2.75) is 19.9 Å². The summed E-state index contributed by atoms with van der Waals surface area (Å²) in [5.74, 6) is 1.02. The molecular weight excluding hydrogens is 280 g/mol. The molecule has 0 atom stereocenters. The lowest BCUT2D eigenvalue weighted by Crippen LogP contribution is -2.36. The van der Waals surface area contributed by atoms with Crippen molar-refractivity contribution in [1.82, 2.24) is 14.9 Å². The van der Waals surface area contributed by atoms with Crippen molar-refractivity contribution in [3.8, 4) is 5.75 Å². The Morgan fingerprint density at radius 2 is 2.23 bits per heavy atom. The average Bonchev–Trinajstić information content (AvgIpc) is 2.53. The fourth-order valence-corrected chi connectivity index (χ4v) is 2.69. The third-order valence-corrected chi connectivity index (χ3v) is 3.89. The molecule has 3 rings (SSSR count). The minimum absolute atomic E-state index is 0.00594. The lowest BCUT2D eigenvalue weighted by atomic mass is 10.0. The molecule has 0 aliphatic carbocycles. The molecule has 1 aliphatic rings. The summed E-state index contributed by atoms with van der Waals surface area (Å²) in [5.41, 5.74) is 9.12. The number of carbonyl (C=O) groups is 1. The van der Waals surface area contributed by atoms with Crippen LogP contribution in [-0.2, 0) is 13.0 Å². The zero-order chi connectivity index (χ0) is 15.7. The van der Waals surface area contributed by atoms with E-state index in [0.29, 0.717) is 18.7 Å². The number of nitrogens with two attached hydrogens (primary N) is 1. The first kappa shape index (κ1) is 14.3. The Kier molecular flexibility index (Phi) is 3.66. The maximum atomic E-state index is 12.7. The van der Waals surface area contributed by atoms with E-state index in [1.165, 1.54) is 0 Å². The smallest absolute Gasteiger partial charge is 0.254 e. The van der Waals surface area contributed by atoms with Gasteiger partial charge >= 0.3 is 0 Å². The van der Waals surface area contributed by atoms with Gasteiger partial charge in [0.25, 0.3) is 5.91 Å². The van der Waals surface area contributed by atoms with Gasteiger partial charge < -0.3 is 15.4 Å². The van der Waals surface area contributed by atoms with Crippen molar-refractivity contribution < 1.29 is 9.53 Å². The predicted molar refractivity (Wildman–Crippen MR) is 82.6 cm³/mol. The zero-order valence-electron chi connectivity index (χ0n) is 12.7. The number of hydrogen-bond donors (Lipinski definition) is 1. The number of nitrogens with zero attached hydrogens (tertiary/aromatic N) is 3. The highest BCUT2D eigenvalue weighted by Crippen LogP contribution is 2.22. The van der Waals surface area contributed by atoms with Crippen LogP contribution in [0, 0.1) is 6.92 Å². The summed E-state index contributed by atoms with van der Waals surface area (Å²) in [4.78, 5) is 22.7. The first-order chi connectivity index (χ1) is 10.6. The van der Waals surface area contributed by atoms with Gasteiger partial charge in [-0.05, 0) is 42.7 Å². The summed E-state index contributed by atoms with van der Waals surface area (Å²) in [6, 6.07) is 5.46. The van der Waals surface area contributed by atoms with E-state index >= 15 is 0 Å². The number of methoxy groups -OCH3 is 1. The molecule has 2 aromatic rings. The van der Waals surface area contributed by atoms with Crippen molar-refractivity contribution in [1.29, 1.82) is 0 Å². The van der Waals surface area contributed by atoms with Gasteiger partial charge in [-0.1, -0.05) is 0 Å². The largest absolute Gasteiger partial charge is 0.496 e. The van der Waals surface area contributed by atoms with E-state index < -0.39 is 0 Å². The highest BCUT2D eigenvalue weighted by Gasteiger charge is 2.23. The molecule has 1 amide bonds. The van der Waals surface area contributed by atoms with Gasteiger partial charge in [0.05, 0.1) is 19.3 Å². The van der Waals surface area contributed by atoms with Gasteiger partial charge in [0.2, 0.25) is 5.95 Å². The quantitative estimate of drug-likeness (QED) is 0.910. The van der Waals surface area contributed by atoms with Gasteiger partial charge in [-0.2, -0.15) is 0 Å². The molecule has 1 aromatic carbocycles. The van der Waals surface area contributed by atoms with Gasteiger partial charge in [-0.25, -0.2) is 9.97 Å². The Morgan fingerprint density at radius 3 is 2.95 bits per heavy atom. The van der Waals surface area contributed by atoms with Crippen molar-refractivity contribution in [3.05, 3.63) is 46.8 Å². The summed E-state index contributed by atoms with van der Waals surface area (Å²) < 4.78 is 5.23. The number of anilines is 1. The van der Waals surface area contributed by atoms with Crippen molar-refractivity contribution in [3.63, 3.8) is 0 Å². The Morgan fingerprint density at radius 1 is 1.41 bits per heavy atom. The van der Waals surface area contributed by atoms with Crippen LogP contribution in [0.1, 0.15) is 27.2 Å². The third-order valence-electron chi connectivity index (χ3n) is 3.89. The molecule has 2 heterocycles. The molecule has 114 valence electrons. The number of fused-ring (bicyclic) bond motifs is 1. The number of carbonyl (C=O) groups excluding carboxylic acids is 1. The van der Waals surface area contributed by atoms with Crippen LogP contribution in [0.5, 0.6) is 5.75 Å². The molecule has 1 aliphatic heterocycles. The second-order valence-electron chi connectivity index (χ2n) is 5.36. The van der Waals surface area contributed by atoms with Crippen LogP contribution in [0.3, 0.4) is 0 Å². The molecule has 0 spiro atoms. The predicted octanol–water partition coefficient (Wildman–Crippen LogP) is 1.57. The lowest BCUT2D eigenvalue weighted by molar-refractivity contribution is 0.0731. The number of amides is 1. The third kappa shape index (κ3) is 2.59. The molecule has 1 aromatic heterocycles. The lowest BCUT2D eigenvalue weighted by Gasteiger charge is -2.28. The number of aromatic nitrogens is 2. The van der Waals surface area contributed by atoms with E-state index in [1.54, 1.807) is 24.3 Å². The molecule has 0 unspecified atom stereocenters. The van der Waals surface area contributed by atoms with E-state index in [1.807, 2.05) is 19.1 Å². The minimum Gasteiger partial charge on any atom is -0.496 e. The highest BCUT2D eigenvalue weighted by atomic mass is 16.5. The number of benzene rings is 1. The summed E-state index contributed by atoms with van der Waals surface area (Å²) in [6.07, 6.45) is 2.49. The monoisotopic (exact) mass is 298 g/mol. The van der Waals surface area contributed by atoms with Crippen LogP contribution in [0.15, 0.2) is 24.4 Å². The summed E-state index contributed by atoms with van der Waals surface area (Å²) in [5, 5.41) is 0. The first-order valence-corrected chi connectivity index (χ1v) is 7.12. The van der Waals surface area contributed by atoms with Gasteiger partial charge in [0, 0.05) is 18.3 Å². The van der Waals surface area contributed by atoms with Crippen molar-refractivity contribution in [2.24, 2.45) is 0 Å². The molecule has 2 N–H and O–H groups in total. The Bertz CT molecular complexity index is 730. The molecule has 22 heavy (non-hydrogen) atoms. The summed E-state index contributed by atoms with van der Waals surface area (Å²) in [6.45, 7) is 3.05. The molecule has 0 radical (unpaired) electrons. The first-order valence-electron chi connectivity index (χ1n) is 7.12. The molecular formula is C16H18N4O2. The van der Waals surface area contributed by atoms with Gasteiger partial charge in [-0.3, -0.25) is 4.79 Å². The van der Waals surface area contributed by atoms with E-state index in [9.17, 15) is 4.79 Å². The van der Waals surface area contributed by atoms with Crippen LogP contribution in [0.4, 0.5) is 5.95 Å². The van der Waals surface area contributed by atoms with Crippen LogP contribution < -0.4 is 10.5 Å². The maximum absolute atomic E-state index is 12.7. The van der Waals surface area contributed by atoms with E-state index in [0.717, 1.165) is 29.0 Å². The summed E-state index contributed by atoms with van der Waals surface area (Å²) >= 11 is 0. The van der Waals surface area contributed by atoms with Gasteiger partial charge in [0.15, 0.2) is 0 Å². The number of nitrogen functional groups attached to an aromatic ring is 1. The second kappa shape index (κ2) is 5.63. The second-order valence-corrected chi connectivity index (χ2v) is 5.36. The Hall–Kier alpha value is -2.63. The van der Waals surface area contributed by atoms with Crippen LogP contribution in [0.25, 0.3) is 0 Å². The average molecular weight is 298 g/mol. The fourth-order valence-electron chi connectivity index (χ4n) is 2.69. The molecule has 6 heteroatoms. The molecule has 6 nitrogen and oxygen atoms in total. The number of hydrogen-bond acceptors (Lipinski definition) is 5. The van der Waals surface area contributed by atoms with E-state index in [4.69, 9.17) is 10.5 Å². The van der Waals surface area contributed by atoms with Gasteiger partial charge in [-0.15, -0.1) is 0 Å². The van der Waals surface area contributed by atoms with Crippen LogP contribution >= 0.6 is 0 Å². The molecule has 0 bridgehead atoms. The van der Waals surface area contributed by atoms with E-state index in [-0.39, 0.29) is 11.9 Å². The van der Waals surface area contributed by atoms with Crippen LogP contribution in [-0.4, -0.2) is 34.4 Å². The highest BCUT2D eigenvalue weighted by molar-refractivity contribution is 5.94. The molecule has 0 saturated carbocycles. The summed E-state index contributed by atoms with van der Waals surface area (Å²) in [7, 11) is 1.62. The minimum atomic E-state index is -0.00594. The maximum Gasteiger partial charge on any atom is 0.254 e. The zero-order valence-corrected chi connectivity index (χ0v) is 12.7. The molecule has 0 saturated heterocycles. The fraction of sp³-hybridized carbons (Fsp3) is 0.312. The van der Waals surface area contributed by atoms with Crippen molar-refractivity contribution in [2.75, 3.05) is 19.4 Å². The van der Waals surface area contributed by atoms with Crippen LogP contribution in [0.2, 0.25) is 0 Å².